The van der Waals surface area contributed by atoms with E-state index in [4.69, 9.17) is 0 Å². The van der Waals surface area contributed by atoms with Crippen LogP contribution < -0.4 is 0 Å². The van der Waals surface area contributed by atoms with E-state index < -0.39 is 17.6 Å². The predicted octanol–water partition coefficient (Wildman–Crippen LogP) is 4.70. The standard InChI is InChI=1S/C15H10F4N2/c1-8-2-4-11(15(17,18)19)10(6-8)14-20-12-5-3-9(16)7-13(12)21-14/h2-7H,1H3,(H,20,21). The lowest BCUT2D eigenvalue weighted by Crippen LogP contribution is -2.07. The van der Waals surface area contributed by atoms with E-state index in [0.717, 1.165) is 6.07 Å². The molecule has 1 N–H and O–H groups in total. The fourth-order valence-electron chi connectivity index (χ4n) is 2.21. The molecule has 0 radical (unpaired) electrons. The van der Waals surface area contributed by atoms with E-state index in [1.165, 1.54) is 30.3 Å². The van der Waals surface area contributed by atoms with Crippen LogP contribution in [-0.4, -0.2) is 9.97 Å². The van der Waals surface area contributed by atoms with Gasteiger partial charge in [0.15, 0.2) is 0 Å². The van der Waals surface area contributed by atoms with Crippen LogP contribution in [0.25, 0.3) is 22.4 Å². The number of rotatable bonds is 1. The van der Waals surface area contributed by atoms with Crippen molar-refractivity contribution < 1.29 is 17.6 Å². The van der Waals surface area contributed by atoms with Crippen molar-refractivity contribution in [2.24, 2.45) is 0 Å². The molecule has 0 aliphatic carbocycles. The van der Waals surface area contributed by atoms with Gasteiger partial charge in [0.1, 0.15) is 11.6 Å². The number of H-pyrrole nitrogens is 1. The van der Waals surface area contributed by atoms with Crippen molar-refractivity contribution in [2.45, 2.75) is 13.1 Å². The third-order valence-electron chi connectivity index (χ3n) is 3.18. The van der Waals surface area contributed by atoms with Gasteiger partial charge in [-0.15, -0.1) is 0 Å². The van der Waals surface area contributed by atoms with Crippen molar-refractivity contribution in [1.29, 1.82) is 0 Å². The number of aryl methyl sites for hydroxylation is 1. The number of nitrogens with zero attached hydrogens (tertiary/aromatic N) is 1. The molecule has 2 nitrogen and oxygen atoms in total. The van der Waals surface area contributed by atoms with Crippen LogP contribution in [0.15, 0.2) is 36.4 Å². The fourth-order valence-corrected chi connectivity index (χ4v) is 2.21. The SMILES string of the molecule is Cc1ccc(C(F)(F)F)c(-c2nc3ccc(F)cc3[nH]2)c1. The molecule has 0 saturated heterocycles. The summed E-state index contributed by atoms with van der Waals surface area (Å²) < 4.78 is 52.4. The molecule has 0 amide bonds. The number of aromatic nitrogens is 2. The summed E-state index contributed by atoms with van der Waals surface area (Å²) in [5.74, 6) is -0.399. The first-order valence-corrected chi connectivity index (χ1v) is 6.18. The molecular formula is C15H10F4N2. The van der Waals surface area contributed by atoms with Gasteiger partial charge in [-0.1, -0.05) is 11.6 Å². The maximum absolute atomic E-state index is 13.2. The molecule has 2 aromatic carbocycles. The molecule has 21 heavy (non-hydrogen) atoms. The zero-order valence-corrected chi connectivity index (χ0v) is 10.9. The average Bonchev–Trinajstić information content (AvgIpc) is 2.80. The molecule has 0 fully saturated rings. The lowest BCUT2D eigenvalue weighted by atomic mass is 10.0. The molecule has 0 atom stereocenters. The molecule has 108 valence electrons. The van der Waals surface area contributed by atoms with Crippen LogP contribution in [-0.2, 0) is 6.18 Å². The molecule has 0 bridgehead atoms. The van der Waals surface area contributed by atoms with E-state index in [1.807, 2.05) is 0 Å². The molecule has 0 saturated carbocycles. The molecule has 3 aromatic rings. The Morgan fingerprint density at radius 1 is 1.05 bits per heavy atom. The zero-order chi connectivity index (χ0) is 15.2. The summed E-state index contributed by atoms with van der Waals surface area (Å²) in [6.45, 7) is 1.70. The number of hydrogen-bond donors (Lipinski definition) is 1. The van der Waals surface area contributed by atoms with Crippen molar-refractivity contribution in [3.63, 3.8) is 0 Å². The summed E-state index contributed by atoms with van der Waals surface area (Å²) in [5, 5.41) is 0. The summed E-state index contributed by atoms with van der Waals surface area (Å²) in [6, 6.07) is 7.68. The van der Waals surface area contributed by atoms with Gasteiger partial charge in [-0.2, -0.15) is 13.2 Å². The second-order valence-corrected chi connectivity index (χ2v) is 4.79. The van der Waals surface area contributed by atoms with Crippen LogP contribution in [0.2, 0.25) is 0 Å². The number of halogens is 4. The summed E-state index contributed by atoms with van der Waals surface area (Å²) in [4.78, 5) is 6.86. The Morgan fingerprint density at radius 3 is 2.52 bits per heavy atom. The highest BCUT2D eigenvalue weighted by Crippen LogP contribution is 2.37. The van der Waals surface area contributed by atoms with E-state index in [0.29, 0.717) is 16.6 Å². The maximum atomic E-state index is 13.2. The predicted molar refractivity (Wildman–Crippen MR) is 71.2 cm³/mol. The Labute approximate surface area is 117 Å². The number of imidazole rings is 1. The van der Waals surface area contributed by atoms with Gasteiger partial charge in [0.05, 0.1) is 16.6 Å². The van der Waals surface area contributed by atoms with Crippen LogP contribution in [0, 0.1) is 12.7 Å². The van der Waals surface area contributed by atoms with Crippen LogP contribution in [0.4, 0.5) is 17.6 Å². The van der Waals surface area contributed by atoms with Crippen molar-refractivity contribution >= 4 is 11.0 Å². The van der Waals surface area contributed by atoms with E-state index in [-0.39, 0.29) is 11.4 Å². The maximum Gasteiger partial charge on any atom is 0.417 e. The van der Waals surface area contributed by atoms with Gasteiger partial charge in [-0.25, -0.2) is 9.37 Å². The summed E-state index contributed by atoms with van der Waals surface area (Å²) >= 11 is 0. The van der Waals surface area contributed by atoms with Gasteiger partial charge in [-0.3, -0.25) is 0 Å². The number of benzene rings is 2. The number of aromatic amines is 1. The first-order valence-electron chi connectivity index (χ1n) is 6.18. The number of fused-ring (bicyclic) bond motifs is 1. The molecule has 0 spiro atoms. The fraction of sp³-hybridized carbons (Fsp3) is 0.133. The van der Waals surface area contributed by atoms with Crippen molar-refractivity contribution in [3.8, 4) is 11.4 Å². The summed E-state index contributed by atoms with van der Waals surface area (Å²) in [7, 11) is 0. The highest BCUT2D eigenvalue weighted by Gasteiger charge is 2.34. The quantitative estimate of drug-likeness (QED) is 0.648. The lowest BCUT2D eigenvalue weighted by molar-refractivity contribution is -0.137. The van der Waals surface area contributed by atoms with Gasteiger partial charge in [0.2, 0.25) is 0 Å². The molecule has 6 heteroatoms. The van der Waals surface area contributed by atoms with Gasteiger partial charge in [0, 0.05) is 5.56 Å². The lowest BCUT2D eigenvalue weighted by Gasteiger charge is -2.11. The highest BCUT2D eigenvalue weighted by molar-refractivity contribution is 5.80. The minimum Gasteiger partial charge on any atom is -0.338 e. The van der Waals surface area contributed by atoms with Crippen molar-refractivity contribution in [1.82, 2.24) is 9.97 Å². The van der Waals surface area contributed by atoms with E-state index in [2.05, 4.69) is 9.97 Å². The van der Waals surface area contributed by atoms with Gasteiger partial charge < -0.3 is 4.98 Å². The third kappa shape index (κ3) is 2.49. The second-order valence-electron chi connectivity index (χ2n) is 4.79. The number of nitrogens with one attached hydrogen (secondary N) is 1. The summed E-state index contributed by atoms with van der Waals surface area (Å²) in [5.41, 5.74) is 0.650. The van der Waals surface area contributed by atoms with Crippen LogP contribution in [0.1, 0.15) is 11.1 Å². The van der Waals surface area contributed by atoms with E-state index in [1.54, 1.807) is 6.92 Å². The monoisotopic (exact) mass is 294 g/mol. The largest absolute Gasteiger partial charge is 0.417 e. The minimum atomic E-state index is -4.48. The first-order chi connectivity index (χ1) is 9.84. The second kappa shape index (κ2) is 4.58. The molecule has 1 aromatic heterocycles. The summed E-state index contributed by atoms with van der Waals surface area (Å²) in [6.07, 6.45) is -4.48. The Balaban J connectivity index is 2.24. The Hall–Kier alpha value is -2.37. The van der Waals surface area contributed by atoms with E-state index >= 15 is 0 Å². The zero-order valence-electron chi connectivity index (χ0n) is 10.9. The molecule has 0 aliphatic heterocycles. The first kappa shape index (κ1) is 13.6. The Morgan fingerprint density at radius 2 is 1.81 bits per heavy atom. The molecular weight excluding hydrogens is 284 g/mol. The minimum absolute atomic E-state index is 0.0425. The highest BCUT2D eigenvalue weighted by atomic mass is 19.4. The third-order valence-corrected chi connectivity index (χ3v) is 3.18. The molecule has 0 aliphatic rings. The Kier molecular flexibility index (Phi) is 2.97. The van der Waals surface area contributed by atoms with Crippen LogP contribution in [0.3, 0.4) is 0 Å². The van der Waals surface area contributed by atoms with Gasteiger partial charge in [-0.05, 0) is 37.3 Å². The molecule has 0 unspecified atom stereocenters. The van der Waals surface area contributed by atoms with Gasteiger partial charge in [0.25, 0.3) is 0 Å². The topological polar surface area (TPSA) is 28.7 Å². The number of alkyl halides is 3. The van der Waals surface area contributed by atoms with E-state index in [9.17, 15) is 17.6 Å². The smallest absolute Gasteiger partial charge is 0.338 e. The number of hydrogen-bond acceptors (Lipinski definition) is 1. The molecule has 1 heterocycles. The average molecular weight is 294 g/mol. The van der Waals surface area contributed by atoms with Crippen LogP contribution >= 0.6 is 0 Å². The van der Waals surface area contributed by atoms with Crippen molar-refractivity contribution in [2.75, 3.05) is 0 Å². The van der Waals surface area contributed by atoms with Crippen molar-refractivity contribution in [3.05, 3.63) is 53.3 Å². The Bertz CT molecular complexity index is 818. The van der Waals surface area contributed by atoms with Crippen LogP contribution in [0.5, 0.6) is 0 Å². The molecule has 3 rings (SSSR count). The normalized spacial score (nSPS) is 12.0. The van der Waals surface area contributed by atoms with Gasteiger partial charge >= 0.3 is 6.18 Å².